The summed E-state index contributed by atoms with van der Waals surface area (Å²) in [5.41, 5.74) is 0. The van der Waals surface area contributed by atoms with Gasteiger partial charge in [0.25, 0.3) is 0 Å². The third kappa shape index (κ3) is 4.10. The molecule has 2 aliphatic rings. The Kier molecular flexibility index (Phi) is 6.14. The van der Waals surface area contributed by atoms with E-state index in [2.05, 4.69) is 12.2 Å². The highest BCUT2D eigenvalue weighted by Gasteiger charge is 2.45. The van der Waals surface area contributed by atoms with Crippen molar-refractivity contribution in [2.45, 2.75) is 49.7 Å². The van der Waals surface area contributed by atoms with Crippen molar-refractivity contribution in [3.63, 3.8) is 0 Å². The van der Waals surface area contributed by atoms with Gasteiger partial charge in [-0.1, -0.05) is 6.92 Å². The average molecular weight is 303 g/mol. The van der Waals surface area contributed by atoms with Crippen LogP contribution in [0.3, 0.4) is 0 Å². The third-order valence-electron chi connectivity index (χ3n) is 3.91. The molecule has 20 heavy (non-hydrogen) atoms. The van der Waals surface area contributed by atoms with Gasteiger partial charge in [0.15, 0.2) is 5.79 Å². The van der Waals surface area contributed by atoms with Gasteiger partial charge in [0.1, 0.15) is 0 Å². The van der Waals surface area contributed by atoms with E-state index in [-0.39, 0.29) is 5.97 Å². The smallest absolute Gasteiger partial charge is 0.315 e. The maximum atomic E-state index is 11.4. The van der Waals surface area contributed by atoms with Gasteiger partial charge in [-0.2, -0.15) is 0 Å². The molecule has 2 fully saturated rings. The van der Waals surface area contributed by atoms with Crippen molar-refractivity contribution in [1.82, 2.24) is 5.32 Å². The van der Waals surface area contributed by atoms with Crippen molar-refractivity contribution >= 4 is 17.7 Å². The normalized spacial score (nSPS) is 28.7. The van der Waals surface area contributed by atoms with Crippen LogP contribution in [0, 0.1) is 0 Å². The van der Waals surface area contributed by atoms with Crippen LogP contribution in [0.5, 0.6) is 0 Å². The molecule has 2 unspecified atom stereocenters. The molecule has 1 aliphatic carbocycles. The van der Waals surface area contributed by atoms with Gasteiger partial charge >= 0.3 is 5.97 Å². The molecular formula is C14H25NO4S. The summed E-state index contributed by atoms with van der Waals surface area (Å²) in [7, 11) is 1.43. The van der Waals surface area contributed by atoms with Crippen LogP contribution in [-0.2, 0) is 19.0 Å². The molecule has 2 rings (SSSR count). The number of carbonyl (C=O) groups is 1. The first kappa shape index (κ1) is 16.1. The number of hydrogen-bond acceptors (Lipinski definition) is 6. The van der Waals surface area contributed by atoms with E-state index in [1.54, 1.807) is 11.8 Å². The topological polar surface area (TPSA) is 56.8 Å². The lowest BCUT2D eigenvalue weighted by Crippen LogP contribution is -2.50. The van der Waals surface area contributed by atoms with E-state index >= 15 is 0 Å². The number of carbonyl (C=O) groups excluding carboxylic acids is 1. The van der Waals surface area contributed by atoms with Gasteiger partial charge in [-0.15, -0.1) is 11.8 Å². The fourth-order valence-corrected chi connectivity index (χ4v) is 4.15. The molecule has 2 atom stereocenters. The Balaban J connectivity index is 1.92. The van der Waals surface area contributed by atoms with Crippen molar-refractivity contribution < 1.29 is 19.0 Å². The number of rotatable bonds is 6. The van der Waals surface area contributed by atoms with Crippen molar-refractivity contribution in [2.75, 3.05) is 32.6 Å². The second kappa shape index (κ2) is 7.64. The zero-order valence-corrected chi connectivity index (χ0v) is 13.2. The van der Waals surface area contributed by atoms with E-state index in [1.807, 2.05) is 0 Å². The van der Waals surface area contributed by atoms with E-state index in [4.69, 9.17) is 14.2 Å². The molecule has 5 nitrogen and oxygen atoms in total. The van der Waals surface area contributed by atoms with E-state index in [1.165, 1.54) is 7.11 Å². The summed E-state index contributed by atoms with van der Waals surface area (Å²) in [6, 6.07) is 0.419. The summed E-state index contributed by atoms with van der Waals surface area (Å²) in [5, 5.41) is 3.91. The second-order valence-corrected chi connectivity index (χ2v) is 6.56. The predicted octanol–water partition coefficient (Wildman–Crippen LogP) is 1.56. The van der Waals surface area contributed by atoms with Crippen molar-refractivity contribution in [3.8, 4) is 0 Å². The quantitative estimate of drug-likeness (QED) is 0.752. The fraction of sp³-hybridized carbons (Fsp3) is 0.929. The number of nitrogens with one attached hydrogen (secondary N) is 1. The van der Waals surface area contributed by atoms with Crippen LogP contribution < -0.4 is 5.32 Å². The number of hydrogen-bond donors (Lipinski definition) is 1. The Hall–Kier alpha value is -0.300. The van der Waals surface area contributed by atoms with Gasteiger partial charge in [0.2, 0.25) is 0 Å². The molecule has 0 amide bonds. The summed E-state index contributed by atoms with van der Waals surface area (Å²) in [4.78, 5) is 11.4. The summed E-state index contributed by atoms with van der Waals surface area (Å²) in [6.45, 7) is 4.54. The highest BCUT2D eigenvalue weighted by molar-refractivity contribution is 8.00. The Morgan fingerprint density at radius 2 is 2.20 bits per heavy atom. The van der Waals surface area contributed by atoms with E-state index in [0.717, 1.165) is 32.2 Å². The van der Waals surface area contributed by atoms with Crippen molar-refractivity contribution in [3.05, 3.63) is 0 Å². The number of esters is 1. The van der Waals surface area contributed by atoms with Gasteiger partial charge < -0.3 is 19.5 Å². The first-order valence-corrected chi connectivity index (χ1v) is 8.44. The van der Waals surface area contributed by atoms with E-state index in [0.29, 0.717) is 30.3 Å². The first-order chi connectivity index (χ1) is 9.69. The van der Waals surface area contributed by atoms with Gasteiger partial charge in [-0.25, -0.2) is 0 Å². The maximum absolute atomic E-state index is 11.4. The summed E-state index contributed by atoms with van der Waals surface area (Å²) in [6.07, 6.45) is 3.92. The van der Waals surface area contributed by atoms with Crippen LogP contribution in [0.25, 0.3) is 0 Å². The molecular weight excluding hydrogens is 278 g/mol. The molecule has 0 aromatic rings. The molecule has 116 valence electrons. The fourth-order valence-electron chi connectivity index (χ4n) is 2.84. The molecule has 0 aromatic carbocycles. The molecule has 1 spiro atoms. The molecule has 0 bridgehead atoms. The monoisotopic (exact) mass is 303 g/mol. The highest BCUT2D eigenvalue weighted by atomic mass is 32.2. The van der Waals surface area contributed by atoms with E-state index in [9.17, 15) is 4.79 Å². The van der Waals surface area contributed by atoms with Gasteiger partial charge in [0.05, 0.1) is 26.1 Å². The Bertz CT molecular complexity index is 320. The van der Waals surface area contributed by atoms with Crippen molar-refractivity contribution in [2.24, 2.45) is 0 Å². The van der Waals surface area contributed by atoms with Crippen LogP contribution in [0.2, 0.25) is 0 Å². The molecule has 6 heteroatoms. The SMILES string of the molecule is CCCNC1CCC2(CC1SCC(=O)OC)OCCO2. The largest absolute Gasteiger partial charge is 0.468 e. The second-order valence-electron chi connectivity index (χ2n) is 5.34. The maximum Gasteiger partial charge on any atom is 0.315 e. The van der Waals surface area contributed by atoms with Crippen molar-refractivity contribution in [1.29, 1.82) is 0 Å². The molecule has 0 radical (unpaired) electrons. The standard InChI is InChI=1S/C14H25NO4S/c1-3-6-15-11-4-5-14(18-7-8-19-14)9-12(11)20-10-13(16)17-2/h11-12,15H,3-10H2,1-2H3. The first-order valence-electron chi connectivity index (χ1n) is 7.39. The number of thioether (sulfide) groups is 1. The summed E-state index contributed by atoms with van der Waals surface area (Å²) >= 11 is 1.65. The van der Waals surface area contributed by atoms with Gasteiger partial charge in [0, 0.05) is 24.1 Å². The summed E-state index contributed by atoms with van der Waals surface area (Å²) < 4.78 is 16.4. The summed E-state index contributed by atoms with van der Waals surface area (Å²) in [5.74, 6) is -0.183. The minimum atomic E-state index is -0.405. The van der Waals surface area contributed by atoms with Crippen LogP contribution in [0.15, 0.2) is 0 Å². The Labute approximate surface area is 125 Å². The molecule has 1 N–H and O–H groups in total. The zero-order valence-electron chi connectivity index (χ0n) is 12.4. The lowest BCUT2D eigenvalue weighted by Gasteiger charge is -2.41. The number of methoxy groups -OCH3 is 1. The number of ether oxygens (including phenoxy) is 3. The van der Waals surface area contributed by atoms with Gasteiger partial charge in [-0.05, 0) is 19.4 Å². The molecule has 1 saturated heterocycles. The third-order valence-corrected chi connectivity index (χ3v) is 5.24. The molecule has 1 heterocycles. The Morgan fingerprint density at radius 3 is 2.85 bits per heavy atom. The zero-order chi connectivity index (χ0) is 14.4. The molecule has 1 saturated carbocycles. The van der Waals surface area contributed by atoms with Crippen LogP contribution >= 0.6 is 11.8 Å². The van der Waals surface area contributed by atoms with Crippen LogP contribution in [-0.4, -0.2) is 55.7 Å². The Morgan fingerprint density at radius 1 is 1.45 bits per heavy atom. The predicted molar refractivity (Wildman–Crippen MR) is 78.8 cm³/mol. The van der Waals surface area contributed by atoms with E-state index < -0.39 is 5.79 Å². The van der Waals surface area contributed by atoms with Crippen LogP contribution in [0.1, 0.15) is 32.6 Å². The van der Waals surface area contributed by atoms with Gasteiger partial charge in [-0.3, -0.25) is 4.79 Å². The average Bonchev–Trinajstić information content (AvgIpc) is 2.92. The lowest BCUT2D eigenvalue weighted by atomic mass is 9.89. The molecule has 0 aromatic heterocycles. The minimum Gasteiger partial charge on any atom is -0.468 e. The lowest BCUT2D eigenvalue weighted by molar-refractivity contribution is -0.178. The molecule has 1 aliphatic heterocycles. The van der Waals surface area contributed by atoms with Crippen LogP contribution in [0.4, 0.5) is 0 Å². The highest BCUT2D eigenvalue weighted by Crippen LogP contribution is 2.40. The minimum absolute atomic E-state index is 0.169.